The van der Waals surface area contributed by atoms with Crippen molar-refractivity contribution in [1.29, 1.82) is 0 Å². The molecule has 1 saturated carbocycles. The van der Waals surface area contributed by atoms with Crippen LogP contribution in [0.3, 0.4) is 0 Å². The lowest BCUT2D eigenvalue weighted by molar-refractivity contribution is -0.115. The van der Waals surface area contributed by atoms with Crippen LogP contribution in [0.5, 0.6) is 0 Å². The minimum Gasteiger partial charge on any atom is -0.465 e. The molecule has 1 aliphatic carbocycles. The van der Waals surface area contributed by atoms with E-state index in [1.807, 2.05) is 36.4 Å². The van der Waals surface area contributed by atoms with Crippen molar-refractivity contribution in [3.63, 3.8) is 0 Å². The maximum absolute atomic E-state index is 12.2. The Bertz CT molecular complexity index is 646. The van der Waals surface area contributed by atoms with Crippen molar-refractivity contribution in [3.05, 3.63) is 71.2 Å². The third-order valence-electron chi connectivity index (χ3n) is 3.47. The topological polar surface area (TPSA) is 30.2 Å². The first-order valence-corrected chi connectivity index (χ1v) is 6.87. The summed E-state index contributed by atoms with van der Waals surface area (Å²) in [4.78, 5) is 12.2. The summed E-state index contributed by atoms with van der Waals surface area (Å²) in [6.07, 6.45) is 8.07. The van der Waals surface area contributed by atoms with Gasteiger partial charge in [-0.05, 0) is 42.2 Å². The van der Waals surface area contributed by atoms with Gasteiger partial charge in [0.1, 0.15) is 5.76 Å². The molecule has 0 spiro atoms. The molecule has 0 atom stereocenters. The number of Topliss-reactive ketones (excluding diaryl/α,β-unsaturated/α-hetero) is 1. The Morgan fingerprint density at radius 3 is 2.55 bits per heavy atom. The summed E-state index contributed by atoms with van der Waals surface area (Å²) >= 11 is 0. The van der Waals surface area contributed by atoms with Gasteiger partial charge >= 0.3 is 0 Å². The molecule has 2 heteroatoms. The molecule has 0 unspecified atom stereocenters. The third-order valence-corrected chi connectivity index (χ3v) is 3.47. The molecule has 1 aliphatic rings. The molecule has 0 amide bonds. The molecule has 0 bridgehead atoms. The number of benzene rings is 1. The van der Waals surface area contributed by atoms with Gasteiger partial charge in [-0.25, -0.2) is 0 Å². The Morgan fingerprint density at radius 2 is 1.80 bits per heavy atom. The quantitative estimate of drug-likeness (QED) is 0.747. The van der Waals surface area contributed by atoms with Gasteiger partial charge in [-0.1, -0.05) is 36.4 Å². The Labute approximate surface area is 118 Å². The minimum atomic E-state index is 0.204. The van der Waals surface area contributed by atoms with Gasteiger partial charge in [0.25, 0.3) is 0 Å². The van der Waals surface area contributed by atoms with Gasteiger partial charge in [0.15, 0.2) is 5.78 Å². The van der Waals surface area contributed by atoms with E-state index in [1.54, 1.807) is 6.26 Å². The molecule has 3 rings (SSSR count). The normalized spacial score (nSPS) is 19.7. The van der Waals surface area contributed by atoms with Crippen LogP contribution >= 0.6 is 0 Å². The summed E-state index contributed by atoms with van der Waals surface area (Å²) in [6, 6.07) is 13.8. The number of hydrogen-bond donors (Lipinski definition) is 0. The predicted octanol–water partition coefficient (Wildman–Crippen LogP) is 4.50. The molecule has 1 aromatic heterocycles. The van der Waals surface area contributed by atoms with E-state index in [2.05, 4.69) is 18.2 Å². The van der Waals surface area contributed by atoms with Gasteiger partial charge in [0.2, 0.25) is 0 Å². The first-order chi connectivity index (χ1) is 9.83. The van der Waals surface area contributed by atoms with Gasteiger partial charge in [0.05, 0.1) is 6.26 Å². The molecule has 0 aliphatic heterocycles. The smallest absolute Gasteiger partial charge is 0.163 e. The lowest BCUT2D eigenvalue weighted by atomic mass is 9.86. The summed E-state index contributed by atoms with van der Waals surface area (Å²) in [6.45, 7) is 0. The van der Waals surface area contributed by atoms with Crippen LogP contribution < -0.4 is 0 Å². The number of hydrogen-bond acceptors (Lipinski definition) is 2. The highest BCUT2D eigenvalue weighted by Crippen LogP contribution is 2.29. The van der Waals surface area contributed by atoms with E-state index in [0.717, 1.165) is 35.3 Å². The van der Waals surface area contributed by atoms with E-state index in [4.69, 9.17) is 4.42 Å². The molecule has 0 radical (unpaired) electrons. The summed E-state index contributed by atoms with van der Waals surface area (Å²) < 4.78 is 5.33. The number of carbonyl (C=O) groups is 1. The maximum Gasteiger partial charge on any atom is 0.163 e. The van der Waals surface area contributed by atoms with Crippen LogP contribution in [-0.4, -0.2) is 5.78 Å². The second-order valence-electron chi connectivity index (χ2n) is 4.93. The van der Waals surface area contributed by atoms with Crippen LogP contribution in [-0.2, 0) is 4.79 Å². The van der Waals surface area contributed by atoms with Crippen LogP contribution in [0.4, 0.5) is 0 Å². The molecule has 0 N–H and O–H groups in total. The fourth-order valence-corrected chi connectivity index (χ4v) is 2.48. The van der Waals surface area contributed by atoms with E-state index >= 15 is 0 Å². The number of rotatable bonds is 2. The van der Waals surface area contributed by atoms with E-state index in [1.165, 1.54) is 0 Å². The molecule has 20 heavy (non-hydrogen) atoms. The van der Waals surface area contributed by atoms with E-state index in [0.29, 0.717) is 6.42 Å². The van der Waals surface area contributed by atoms with Gasteiger partial charge < -0.3 is 4.42 Å². The van der Waals surface area contributed by atoms with Crippen LogP contribution in [0.2, 0.25) is 0 Å². The minimum absolute atomic E-state index is 0.204. The van der Waals surface area contributed by atoms with Gasteiger partial charge in [0, 0.05) is 12.0 Å². The average molecular weight is 264 g/mol. The third kappa shape index (κ3) is 2.80. The summed E-state index contributed by atoms with van der Waals surface area (Å²) in [5.41, 5.74) is 3.02. The van der Waals surface area contributed by atoms with Crippen molar-refractivity contribution in [2.24, 2.45) is 0 Å². The SMILES string of the molecule is O=C1CCCC(=Cc2ccccc2)C1=Cc1ccco1. The molecular weight excluding hydrogens is 248 g/mol. The van der Waals surface area contributed by atoms with Crippen molar-refractivity contribution in [1.82, 2.24) is 0 Å². The zero-order valence-electron chi connectivity index (χ0n) is 11.2. The first-order valence-electron chi connectivity index (χ1n) is 6.87. The van der Waals surface area contributed by atoms with Crippen LogP contribution in [0, 0.1) is 0 Å². The zero-order chi connectivity index (χ0) is 13.8. The fraction of sp³-hybridized carbons (Fsp3) is 0.167. The van der Waals surface area contributed by atoms with Gasteiger partial charge in [-0.15, -0.1) is 0 Å². The molecule has 2 nitrogen and oxygen atoms in total. The van der Waals surface area contributed by atoms with Gasteiger partial charge in [-0.3, -0.25) is 4.79 Å². The van der Waals surface area contributed by atoms with Crippen LogP contribution in [0.15, 0.2) is 64.3 Å². The molecule has 1 heterocycles. The Balaban J connectivity index is 1.99. The highest BCUT2D eigenvalue weighted by Gasteiger charge is 2.20. The fourth-order valence-electron chi connectivity index (χ4n) is 2.48. The molecule has 1 fully saturated rings. The highest BCUT2D eigenvalue weighted by molar-refractivity contribution is 6.05. The monoisotopic (exact) mass is 264 g/mol. The standard InChI is InChI=1S/C18H16O2/c19-18-10-4-8-15(12-14-6-2-1-3-7-14)17(18)13-16-9-5-11-20-16/h1-3,5-7,9,11-13H,4,8,10H2. The number of allylic oxidation sites excluding steroid dienone is 2. The van der Waals surface area contributed by atoms with E-state index < -0.39 is 0 Å². The zero-order valence-corrected chi connectivity index (χ0v) is 11.2. The van der Waals surface area contributed by atoms with Crippen molar-refractivity contribution < 1.29 is 9.21 Å². The molecule has 100 valence electrons. The largest absolute Gasteiger partial charge is 0.465 e. The molecule has 0 saturated heterocycles. The number of ketones is 1. The number of carbonyl (C=O) groups excluding carboxylic acids is 1. The summed E-state index contributed by atoms with van der Waals surface area (Å²) in [7, 11) is 0. The highest BCUT2D eigenvalue weighted by atomic mass is 16.3. The second-order valence-corrected chi connectivity index (χ2v) is 4.93. The summed E-state index contributed by atoms with van der Waals surface area (Å²) in [5.74, 6) is 0.934. The lowest BCUT2D eigenvalue weighted by Gasteiger charge is -2.17. The summed E-state index contributed by atoms with van der Waals surface area (Å²) in [5, 5.41) is 0. The molecular formula is C18H16O2. The Hall–Kier alpha value is -2.35. The number of furan rings is 1. The lowest BCUT2D eigenvalue weighted by Crippen LogP contribution is -2.11. The van der Waals surface area contributed by atoms with Crippen LogP contribution in [0.1, 0.15) is 30.6 Å². The van der Waals surface area contributed by atoms with Crippen molar-refractivity contribution in [2.45, 2.75) is 19.3 Å². The van der Waals surface area contributed by atoms with Gasteiger partial charge in [-0.2, -0.15) is 0 Å². The predicted molar refractivity (Wildman–Crippen MR) is 80.0 cm³/mol. The van der Waals surface area contributed by atoms with E-state index in [-0.39, 0.29) is 5.78 Å². The van der Waals surface area contributed by atoms with E-state index in [9.17, 15) is 4.79 Å². The Morgan fingerprint density at radius 1 is 0.950 bits per heavy atom. The average Bonchev–Trinajstić information content (AvgIpc) is 2.97. The maximum atomic E-state index is 12.2. The Kier molecular flexibility index (Phi) is 3.64. The molecule has 1 aromatic carbocycles. The van der Waals surface area contributed by atoms with Crippen molar-refractivity contribution in [3.8, 4) is 0 Å². The van der Waals surface area contributed by atoms with Crippen molar-refractivity contribution in [2.75, 3.05) is 0 Å². The van der Waals surface area contributed by atoms with Crippen LogP contribution in [0.25, 0.3) is 12.2 Å². The molecule has 2 aromatic rings. The second kappa shape index (κ2) is 5.74. The first kappa shape index (κ1) is 12.7. The van der Waals surface area contributed by atoms with Crippen molar-refractivity contribution >= 4 is 17.9 Å².